The lowest BCUT2D eigenvalue weighted by Crippen LogP contribution is -2.42. The fourth-order valence-electron chi connectivity index (χ4n) is 1.62. The number of nitrogens with one attached hydrogen (secondary N) is 2. The molecule has 3 nitrogen and oxygen atoms in total. The normalized spacial score (nSPS) is 11.4. The van der Waals surface area contributed by atoms with Crippen molar-refractivity contribution in [2.45, 2.75) is 46.5 Å². The molecule has 0 aromatic heterocycles. The molecule has 0 aliphatic carbocycles. The molecule has 0 atom stereocenters. The van der Waals surface area contributed by atoms with E-state index in [1.54, 1.807) is 7.05 Å². The largest absolute Gasteiger partial charge is 0.356 e. The maximum Gasteiger partial charge on any atom is 0.191 e. The molecule has 0 fully saturated rings. The van der Waals surface area contributed by atoms with Crippen molar-refractivity contribution in [2.75, 3.05) is 20.1 Å². The van der Waals surface area contributed by atoms with Gasteiger partial charge in [-0.2, -0.15) is 0 Å². The van der Waals surface area contributed by atoms with E-state index in [0.29, 0.717) is 12.0 Å². The zero-order valence-electron chi connectivity index (χ0n) is 12.2. The Kier molecular flexibility index (Phi) is 12.9. The lowest BCUT2D eigenvalue weighted by Gasteiger charge is -2.26. The number of hydrogen-bond acceptors (Lipinski definition) is 1. The number of rotatable bonds is 7. The maximum atomic E-state index is 5.20. The van der Waals surface area contributed by atoms with Crippen molar-refractivity contribution >= 4 is 29.9 Å². The van der Waals surface area contributed by atoms with Crippen LogP contribution in [0.1, 0.15) is 46.5 Å². The fourth-order valence-corrected chi connectivity index (χ4v) is 1.62. The Bertz CT molecular complexity index is 267. The predicted molar refractivity (Wildman–Crippen MR) is 91.5 cm³/mol. The Labute approximate surface area is 130 Å². The van der Waals surface area contributed by atoms with E-state index in [-0.39, 0.29) is 24.0 Å². The average Bonchev–Trinajstić information content (AvgIpc) is 2.29. The third-order valence-electron chi connectivity index (χ3n) is 2.77. The van der Waals surface area contributed by atoms with Crippen LogP contribution in [-0.2, 0) is 0 Å². The molecule has 0 bridgehead atoms. The first-order chi connectivity index (χ1) is 8.05. The lowest BCUT2D eigenvalue weighted by atomic mass is 9.87. The van der Waals surface area contributed by atoms with Crippen LogP contribution in [0.3, 0.4) is 0 Å². The number of aliphatic imine (C=N–C) groups is 1. The van der Waals surface area contributed by atoms with Crippen molar-refractivity contribution in [3.8, 4) is 12.3 Å². The van der Waals surface area contributed by atoms with Crippen LogP contribution in [0, 0.1) is 17.8 Å². The van der Waals surface area contributed by atoms with Gasteiger partial charge in [0.15, 0.2) is 5.96 Å². The highest BCUT2D eigenvalue weighted by Gasteiger charge is 2.17. The van der Waals surface area contributed by atoms with Crippen molar-refractivity contribution in [3.05, 3.63) is 0 Å². The fraction of sp³-hybridized carbons (Fsp3) is 0.786. The van der Waals surface area contributed by atoms with Crippen LogP contribution in [0.25, 0.3) is 0 Å². The van der Waals surface area contributed by atoms with Gasteiger partial charge in [0, 0.05) is 13.6 Å². The first-order valence-electron chi connectivity index (χ1n) is 6.43. The summed E-state index contributed by atoms with van der Waals surface area (Å²) in [7, 11) is 1.76. The summed E-state index contributed by atoms with van der Waals surface area (Å²) in [6.45, 7) is 8.22. The topological polar surface area (TPSA) is 36.4 Å². The first-order valence-corrected chi connectivity index (χ1v) is 6.43. The van der Waals surface area contributed by atoms with Gasteiger partial charge in [-0.1, -0.05) is 46.0 Å². The summed E-state index contributed by atoms with van der Waals surface area (Å²) in [5.74, 6) is 3.32. The molecule has 0 unspecified atom stereocenters. The van der Waals surface area contributed by atoms with E-state index < -0.39 is 0 Å². The highest BCUT2D eigenvalue weighted by atomic mass is 127. The van der Waals surface area contributed by atoms with Crippen LogP contribution in [-0.4, -0.2) is 26.1 Å². The van der Waals surface area contributed by atoms with E-state index in [1.165, 1.54) is 25.7 Å². The summed E-state index contributed by atoms with van der Waals surface area (Å²) in [4.78, 5) is 4.12. The number of guanidine groups is 1. The van der Waals surface area contributed by atoms with Gasteiger partial charge in [0.2, 0.25) is 0 Å². The van der Waals surface area contributed by atoms with Crippen LogP contribution in [0.5, 0.6) is 0 Å². The van der Waals surface area contributed by atoms with Crippen LogP contribution >= 0.6 is 24.0 Å². The SMILES string of the molecule is C#CCNC(=NC)NCC(C)(C)CCCCC.I. The molecule has 0 aliphatic heterocycles. The summed E-state index contributed by atoms with van der Waals surface area (Å²) >= 11 is 0. The molecule has 0 spiro atoms. The molecule has 0 amide bonds. The highest BCUT2D eigenvalue weighted by Crippen LogP contribution is 2.22. The van der Waals surface area contributed by atoms with E-state index in [9.17, 15) is 0 Å². The van der Waals surface area contributed by atoms with Gasteiger partial charge in [0.1, 0.15) is 0 Å². The van der Waals surface area contributed by atoms with Gasteiger partial charge in [-0.05, 0) is 11.8 Å². The molecule has 0 saturated carbocycles. The zero-order valence-corrected chi connectivity index (χ0v) is 14.5. The smallest absolute Gasteiger partial charge is 0.191 e. The minimum atomic E-state index is 0. The Morgan fingerprint density at radius 3 is 2.44 bits per heavy atom. The Balaban J connectivity index is 0. The number of unbranched alkanes of at least 4 members (excludes halogenated alkanes) is 2. The standard InChI is InChI=1S/C14H27N3.HI/c1-6-8-9-10-14(3,4)12-17-13(15-5)16-11-7-2;/h2H,6,8-12H2,1,3-5H3,(H2,15,16,17);1H. The Morgan fingerprint density at radius 2 is 1.94 bits per heavy atom. The highest BCUT2D eigenvalue weighted by molar-refractivity contribution is 14.0. The first kappa shape index (κ1) is 19.9. The van der Waals surface area contributed by atoms with Crippen molar-refractivity contribution in [3.63, 3.8) is 0 Å². The number of hydrogen-bond donors (Lipinski definition) is 2. The minimum Gasteiger partial charge on any atom is -0.356 e. The average molecular weight is 365 g/mol. The van der Waals surface area contributed by atoms with Crippen molar-refractivity contribution < 1.29 is 0 Å². The molecule has 0 saturated heterocycles. The molecule has 106 valence electrons. The number of terminal acetylenes is 1. The molecule has 2 N–H and O–H groups in total. The Hall–Kier alpha value is -0.440. The summed E-state index contributed by atoms with van der Waals surface area (Å²) in [6, 6.07) is 0. The number of nitrogens with zero attached hydrogens (tertiary/aromatic N) is 1. The van der Waals surface area contributed by atoms with Gasteiger partial charge in [-0.15, -0.1) is 30.4 Å². The molecule has 0 aliphatic rings. The van der Waals surface area contributed by atoms with Gasteiger partial charge >= 0.3 is 0 Å². The van der Waals surface area contributed by atoms with Crippen LogP contribution in [0.4, 0.5) is 0 Å². The second-order valence-electron chi connectivity index (χ2n) is 5.10. The third-order valence-corrected chi connectivity index (χ3v) is 2.77. The van der Waals surface area contributed by atoms with Crippen LogP contribution in [0.15, 0.2) is 4.99 Å². The molecular weight excluding hydrogens is 337 g/mol. The maximum absolute atomic E-state index is 5.20. The lowest BCUT2D eigenvalue weighted by molar-refractivity contribution is 0.318. The number of halogens is 1. The van der Waals surface area contributed by atoms with E-state index in [1.807, 2.05) is 0 Å². The molecule has 0 aromatic carbocycles. The quantitative estimate of drug-likeness (QED) is 0.239. The summed E-state index contributed by atoms with van der Waals surface area (Å²) < 4.78 is 0. The summed E-state index contributed by atoms with van der Waals surface area (Å²) in [5.41, 5.74) is 0.295. The van der Waals surface area contributed by atoms with E-state index in [4.69, 9.17) is 6.42 Å². The summed E-state index contributed by atoms with van der Waals surface area (Å²) in [6.07, 6.45) is 10.3. The predicted octanol–water partition coefficient (Wildman–Crippen LogP) is 3.01. The molecular formula is C14H28IN3. The van der Waals surface area contributed by atoms with Gasteiger partial charge in [0.05, 0.1) is 6.54 Å². The monoisotopic (exact) mass is 365 g/mol. The molecule has 0 radical (unpaired) electrons. The molecule has 0 aromatic rings. The van der Waals surface area contributed by atoms with Crippen LogP contribution in [0.2, 0.25) is 0 Å². The van der Waals surface area contributed by atoms with E-state index >= 15 is 0 Å². The Morgan fingerprint density at radius 1 is 1.28 bits per heavy atom. The minimum absolute atomic E-state index is 0. The van der Waals surface area contributed by atoms with Gasteiger partial charge in [-0.3, -0.25) is 4.99 Å². The van der Waals surface area contributed by atoms with Gasteiger partial charge < -0.3 is 10.6 Å². The molecule has 0 heterocycles. The molecule has 0 rings (SSSR count). The van der Waals surface area contributed by atoms with Crippen molar-refractivity contribution in [2.24, 2.45) is 10.4 Å². The second-order valence-corrected chi connectivity index (χ2v) is 5.10. The molecule has 18 heavy (non-hydrogen) atoms. The van der Waals surface area contributed by atoms with Crippen molar-refractivity contribution in [1.82, 2.24) is 10.6 Å². The van der Waals surface area contributed by atoms with Gasteiger partial charge in [0.25, 0.3) is 0 Å². The summed E-state index contributed by atoms with van der Waals surface area (Å²) in [5, 5.41) is 6.38. The van der Waals surface area contributed by atoms with Crippen LogP contribution < -0.4 is 10.6 Å². The van der Waals surface area contributed by atoms with Gasteiger partial charge in [-0.25, -0.2) is 0 Å². The third kappa shape index (κ3) is 10.7. The van der Waals surface area contributed by atoms with E-state index in [2.05, 4.69) is 42.3 Å². The second kappa shape index (κ2) is 11.6. The zero-order chi connectivity index (χ0) is 13.1. The van der Waals surface area contributed by atoms with Crippen molar-refractivity contribution in [1.29, 1.82) is 0 Å². The van der Waals surface area contributed by atoms with E-state index in [0.717, 1.165) is 12.5 Å². The molecule has 4 heteroatoms.